The van der Waals surface area contributed by atoms with Gasteiger partial charge >= 0.3 is 0 Å². The van der Waals surface area contributed by atoms with Crippen LogP contribution in [0.5, 0.6) is 0 Å². The third-order valence-electron chi connectivity index (χ3n) is 5.71. The Morgan fingerprint density at radius 3 is 2.41 bits per heavy atom. The number of nitrogens with one attached hydrogen (secondary N) is 1. The van der Waals surface area contributed by atoms with Crippen molar-refractivity contribution < 1.29 is 18.8 Å². The van der Waals surface area contributed by atoms with Crippen molar-refractivity contribution in [1.29, 1.82) is 0 Å². The number of furan rings is 1. The summed E-state index contributed by atoms with van der Waals surface area (Å²) in [5.41, 5.74) is 2.89. The van der Waals surface area contributed by atoms with Crippen LogP contribution in [0.4, 0.5) is 5.69 Å². The number of hydrogen-bond donors (Lipinski definition) is 1. The molecule has 152 valence electrons. The van der Waals surface area contributed by atoms with Gasteiger partial charge in [-0.1, -0.05) is 12.1 Å². The minimum absolute atomic E-state index is 0.0104. The summed E-state index contributed by atoms with van der Waals surface area (Å²) in [6.45, 7) is 5.83. The first-order valence-corrected chi connectivity index (χ1v) is 9.93. The van der Waals surface area contributed by atoms with Crippen LogP contribution in [0.15, 0.2) is 41.0 Å². The van der Waals surface area contributed by atoms with Gasteiger partial charge in [0.15, 0.2) is 5.76 Å². The Hall–Kier alpha value is -3.09. The van der Waals surface area contributed by atoms with Gasteiger partial charge in [0.05, 0.1) is 18.1 Å². The Labute approximate surface area is 169 Å². The highest BCUT2D eigenvalue weighted by atomic mass is 16.3. The van der Waals surface area contributed by atoms with Gasteiger partial charge in [0, 0.05) is 31.9 Å². The minimum Gasteiger partial charge on any atom is -0.459 e. The molecule has 0 bridgehead atoms. The van der Waals surface area contributed by atoms with Crippen LogP contribution in [0.25, 0.3) is 0 Å². The van der Waals surface area contributed by atoms with Crippen LogP contribution in [0, 0.1) is 25.7 Å². The van der Waals surface area contributed by atoms with E-state index in [4.69, 9.17) is 4.42 Å². The summed E-state index contributed by atoms with van der Waals surface area (Å²) < 4.78 is 5.16. The van der Waals surface area contributed by atoms with Crippen molar-refractivity contribution in [1.82, 2.24) is 9.80 Å². The third-order valence-corrected chi connectivity index (χ3v) is 5.71. The second-order valence-electron chi connectivity index (χ2n) is 7.85. The largest absolute Gasteiger partial charge is 0.459 e. The van der Waals surface area contributed by atoms with Crippen molar-refractivity contribution >= 4 is 23.4 Å². The number of rotatable bonds is 4. The van der Waals surface area contributed by atoms with E-state index in [0.717, 1.165) is 16.8 Å². The molecule has 4 rings (SSSR count). The molecule has 2 aliphatic rings. The first-order chi connectivity index (χ1) is 13.9. The number of nitrogens with zero attached hydrogens (tertiary/aromatic N) is 2. The first kappa shape index (κ1) is 19.2. The van der Waals surface area contributed by atoms with Gasteiger partial charge in [-0.3, -0.25) is 14.4 Å². The summed E-state index contributed by atoms with van der Waals surface area (Å²) in [5.74, 6) is -0.452. The molecule has 7 nitrogen and oxygen atoms in total. The summed E-state index contributed by atoms with van der Waals surface area (Å²) in [4.78, 5) is 41.1. The molecular formula is C22H25N3O4. The van der Waals surface area contributed by atoms with Gasteiger partial charge in [0.1, 0.15) is 0 Å². The quantitative estimate of drug-likeness (QED) is 0.862. The van der Waals surface area contributed by atoms with E-state index in [1.807, 2.05) is 32.0 Å². The second kappa shape index (κ2) is 7.73. The van der Waals surface area contributed by atoms with Crippen LogP contribution in [-0.4, -0.2) is 53.7 Å². The molecule has 7 heteroatoms. The normalized spacial score (nSPS) is 21.0. The summed E-state index contributed by atoms with van der Waals surface area (Å²) >= 11 is 0. The van der Waals surface area contributed by atoms with Crippen molar-refractivity contribution in [2.75, 3.05) is 31.5 Å². The minimum atomic E-state index is -0.273. The number of amides is 3. The molecule has 0 spiro atoms. The van der Waals surface area contributed by atoms with E-state index < -0.39 is 0 Å². The van der Waals surface area contributed by atoms with Crippen LogP contribution in [0.1, 0.15) is 28.1 Å². The van der Waals surface area contributed by atoms with E-state index in [9.17, 15) is 14.4 Å². The highest BCUT2D eigenvalue weighted by Crippen LogP contribution is 2.41. The third kappa shape index (κ3) is 4.04. The van der Waals surface area contributed by atoms with Gasteiger partial charge in [0.2, 0.25) is 11.8 Å². The Balaban J connectivity index is 1.29. The summed E-state index contributed by atoms with van der Waals surface area (Å²) in [6.07, 6.45) is 2.06. The maximum atomic E-state index is 12.8. The van der Waals surface area contributed by atoms with Crippen LogP contribution in [0.3, 0.4) is 0 Å². The van der Waals surface area contributed by atoms with E-state index >= 15 is 0 Å². The number of carbonyl (C=O) groups is 3. The molecule has 2 aromatic rings. The van der Waals surface area contributed by atoms with E-state index in [2.05, 4.69) is 5.32 Å². The zero-order chi connectivity index (χ0) is 20.5. The lowest BCUT2D eigenvalue weighted by molar-refractivity contribution is -0.135. The molecule has 1 aliphatic carbocycles. The molecular weight excluding hydrogens is 370 g/mol. The van der Waals surface area contributed by atoms with Crippen LogP contribution in [0.2, 0.25) is 0 Å². The van der Waals surface area contributed by atoms with Crippen molar-refractivity contribution in [3.63, 3.8) is 0 Å². The average molecular weight is 395 g/mol. The topological polar surface area (TPSA) is 82.9 Å². The molecule has 2 heterocycles. The Kier molecular flexibility index (Phi) is 5.13. The lowest BCUT2D eigenvalue weighted by atomic mass is 10.1. The molecule has 1 N–H and O–H groups in total. The Morgan fingerprint density at radius 2 is 1.72 bits per heavy atom. The highest BCUT2D eigenvalue weighted by Gasteiger charge is 2.50. The fraction of sp³-hybridized carbons (Fsp3) is 0.409. The number of aryl methyl sites for hydroxylation is 2. The molecule has 2 fully saturated rings. The summed E-state index contributed by atoms with van der Waals surface area (Å²) in [6, 6.07) is 9.25. The zero-order valence-corrected chi connectivity index (χ0v) is 16.7. The van der Waals surface area contributed by atoms with Gasteiger partial charge in [-0.2, -0.15) is 0 Å². The van der Waals surface area contributed by atoms with Crippen molar-refractivity contribution in [3.8, 4) is 0 Å². The van der Waals surface area contributed by atoms with Gasteiger partial charge in [-0.15, -0.1) is 0 Å². The lowest BCUT2D eigenvalue weighted by Crippen LogP contribution is -2.51. The molecule has 0 radical (unpaired) electrons. The number of benzene rings is 1. The SMILES string of the molecule is Cc1ccc(C)c(NC(=O)C2CC2C(=O)N2CCN(C(=O)c3ccco3)CC2)c1. The lowest BCUT2D eigenvalue weighted by Gasteiger charge is -2.34. The van der Waals surface area contributed by atoms with Crippen molar-refractivity contribution in [3.05, 3.63) is 53.5 Å². The van der Waals surface area contributed by atoms with E-state index in [0.29, 0.717) is 38.4 Å². The van der Waals surface area contributed by atoms with Gasteiger partial charge in [-0.05, 0) is 49.6 Å². The predicted octanol–water partition coefficient (Wildman–Crippen LogP) is 2.46. The molecule has 3 amide bonds. The van der Waals surface area contributed by atoms with Gasteiger partial charge < -0.3 is 19.5 Å². The first-order valence-electron chi connectivity index (χ1n) is 9.93. The van der Waals surface area contributed by atoms with Crippen molar-refractivity contribution in [2.24, 2.45) is 11.8 Å². The molecule has 2 unspecified atom stereocenters. The molecule has 1 aliphatic heterocycles. The molecule has 29 heavy (non-hydrogen) atoms. The van der Waals surface area contributed by atoms with E-state index in [1.165, 1.54) is 6.26 Å². The zero-order valence-electron chi connectivity index (χ0n) is 16.7. The summed E-state index contributed by atoms with van der Waals surface area (Å²) in [5, 5.41) is 2.97. The number of piperazine rings is 1. The molecule has 1 aromatic carbocycles. The maximum absolute atomic E-state index is 12.8. The molecule has 1 saturated carbocycles. The standard InChI is InChI=1S/C22H25N3O4/c1-14-5-6-15(2)18(12-14)23-20(26)16-13-17(16)21(27)24-7-9-25(10-8-24)22(28)19-4-3-11-29-19/h3-6,11-12,16-17H,7-10,13H2,1-2H3,(H,23,26). The Morgan fingerprint density at radius 1 is 1.00 bits per heavy atom. The predicted molar refractivity (Wildman–Crippen MR) is 107 cm³/mol. The van der Waals surface area contributed by atoms with Gasteiger partial charge in [-0.25, -0.2) is 0 Å². The van der Waals surface area contributed by atoms with E-state index in [-0.39, 0.29) is 29.6 Å². The Bertz CT molecular complexity index is 930. The average Bonchev–Trinajstić information content (AvgIpc) is 3.34. The van der Waals surface area contributed by atoms with Crippen molar-refractivity contribution in [2.45, 2.75) is 20.3 Å². The second-order valence-corrected chi connectivity index (χ2v) is 7.85. The van der Waals surface area contributed by atoms with E-state index in [1.54, 1.807) is 21.9 Å². The summed E-state index contributed by atoms with van der Waals surface area (Å²) in [7, 11) is 0. The maximum Gasteiger partial charge on any atom is 0.289 e. The fourth-order valence-corrected chi connectivity index (χ4v) is 3.77. The smallest absolute Gasteiger partial charge is 0.289 e. The highest BCUT2D eigenvalue weighted by molar-refractivity contribution is 6.00. The molecule has 1 aromatic heterocycles. The molecule has 1 saturated heterocycles. The number of anilines is 1. The van der Waals surface area contributed by atoms with Crippen LogP contribution < -0.4 is 5.32 Å². The van der Waals surface area contributed by atoms with Crippen LogP contribution >= 0.6 is 0 Å². The number of carbonyl (C=O) groups excluding carboxylic acids is 3. The fourth-order valence-electron chi connectivity index (χ4n) is 3.77. The monoisotopic (exact) mass is 395 g/mol. The van der Waals surface area contributed by atoms with Crippen LogP contribution in [-0.2, 0) is 9.59 Å². The number of hydrogen-bond acceptors (Lipinski definition) is 4. The van der Waals surface area contributed by atoms with Gasteiger partial charge in [0.25, 0.3) is 5.91 Å². The molecule has 2 atom stereocenters.